The predicted octanol–water partition coefficient (Wildman–Crippen LogP) is 4.11. The van der Waals surface area contributed by atoms with E-state index in [0.29, 0.717) is 28.7 Å². The van der Waals surface area contributed by atoms with Gasteiger partial charge in [-0.2, -0.15) is 0 Å². The molecule has 0 heterocycles. The molecule has 0 bridgehead atoms. The van der Waals surface area contributed by atoms with E-state index in [0.717, 1.165) is 12.0 Å². The van der Waals surface area contributed by atoms with E-state index >= 15 is 0 Å². The van der Waals surface area contributed by atoms with Crippen LogP contribution in [0.15, 0.2) is 72.8 Å². The lowest BCUT2D eigenvalue weighted by Crippen LogP contribution is -2.43. The second kappa shape index (κ2) is 11.0. The van der Waals surface area contributed by atoms with Gasteiger partial charge in [-0.25, -0.2) is 0 Å². The number of nitrogens with one attached hydrogen (secondary N) is 2. The maximum Gasteiger partial charge on any atom is 0.276 e. The van der Waals surface area contributed by atoms with Crippen LogP contribution in [0.1, 0.15) is 21.5 Å². The van der Waals surface area contributed by atoms with Crippen molar-refractivity contribution >= 4 is 23.4 Å². The Labute approximate surface area is 186 Å². The molecule has 0 aliphatic rings. The summed E-state index contributed by atoms with van der Waals surface area (Å²) in [6.45, 7) is 2.13. The van der Waals surface area contributed by atoms with Gasteiger partial charge in [0.05, 0.1) is 6.61 Å². The summed E-state index contributed by atoms with van der Waals surface area (Å²) in [5.41, 5.74) is 7.10. The van der Waals surface area contributed by atoms with Gasteiger partial charge in [0.1, 0.15) is 11.5 Å². The molecular formula is C24H23ClN2O4. The molecule has 0 unspecified atom stereocenters. The van der Waals surface area contributed by atoms with E-state index < -0.39 is 11.8 Å². The zero-order chi connectivity index (χ0) is 22.1. The van der Waals surface area contributed by atoms with Crippen LogP contribution in [0.25, 0.3) is 0 Å². The van der Waals surface area contributed by atoms with Crippen LogP contribution in [0.2, 0.25) is 5.02 Å². The lowest BCUT2D eigenvalue weighted by atomic mass is 10.2. The first-order valence-corrected chi connectivity index (χ1v) is 10.1. The van der Waals surface area contributed by atoms with E-state index in [1.807, 2.05) is 37.3 Å². The van der Waals surface area contributed by atoms with Gasteiger partial charge >= 0.3 is 0 Å². The fourth-order valence-corrected chi connectivity index (χ4v) is 3.01. The number of hydrazine groups is 1. The van der Waals surface area contributed by atoms with Gasteiger partial charge in [0.2, 0.25) is 0 Å². The largest absolute Gasteiger partial charge is 0.493 e. The molecule has 0 aromatic heterocycles. The number of ether oxygens (including phenoxy) is 2. The molecule has 3 aromatic rings. The van der Waals surface area contributed by atoms with E-state index in [1.54, 1.807) is 42.5 Å². The lowest BCUT2D eigenvalue weighted by Gasteiger charge is -2.11. The van der Waals surface area contributed by atoms with Crippen LogP contribution in [-0.4, -0.2) is 25.0 Å². The highest BCUT2D eigenvalue weighted by atomic mass is 35.5. The van der Waals surface area contributed by atoms with Gasteiger partial charge in [0.25, 0.3) is 11.8 Å². The summed E-state index contributed by atoms with van der Waals surface area (Å²) in [6.07, 6.45) is 0.798. The number of hydrogen-bond acceptors (Lipinski definition) is 4. The van der Waals surface area contributed by atoms with E-state index in [4.69, 9.17) is 21.1 Å². The van der Waals surface area contributed by atoms with Gasteiger partial charge < -0.3 is 9.47 Å². The number of aryl methyl sites for hydroxylation is 1. The van der Waals surface area contributed by atoms with Crippen molar-refractivity contribution in [3.63, 3.8) is 0 Å². The Morgan fingerprint density at radius 1 is 0.903 bits per heavy atom. The molecule has 3 rings (SSSR count). The summed E-state index contributed by atoms with van der Waals surface area (Å²) in [6, 6.07) is 21.9. The molecule has 0 saturated carbocycles. The zero-order valence-electron chi connectivity index (χ0n) is 17.1. The third-order valence-electron chi connectivity index (χ3n) is 4.43. The standard InChI is InChI=1S/C24H23ClN2O4/c1-17-15-20(25)9-12-22(17)31-16-23(28)26-27-24(29)19-7-10-21(11-8-19)30-14-13-18-5-3-2-4-6-18/h2-12,15H,13-14,16H2,1H3,(H,26,28)(H,27,29). The average molecular weight is 439 g/mol. The quantitative estimate of drug-likeness (QED) is 0.519. The molecule has 7 heteroatoms. The van der Waals surface area contributed by atoms with E-state index in [1.165, 1.54) is 5.56 Å². The van der Waals surface area contributed by atoms with E-state index in [9.17, 15) is 9.59 Å². The maximum absolute atomic E-state index is 12.2. The number of rotatable bonds is 8. The van der Waals surface area contributed by atoms with Crippen molar-refractivity contribution in [2.24, 2.45) is 0 Å². The van der Waals surface area contributed by atoms with Crippen molar-refractivity contribution < 1.29 is 19.1 Å². The van der Waals surface area contributed by atoms with Crippen LogP contribution in [0, 0.1) is 6.92 Å². The van der Waals surface area contributed by atoms with Crippen LogP contribution in [-0.2, 0) is 11.2 Å². The molecule has 6 nitrogen and oxygen atoms in total. The highest BCUT2D eigenvalue weighted by Gasteiger charge is 2.09. The molecule has 0 radical (unpaired) electrons. The number of carbonyl (C=O) groups excluding carboxylic acids is 2. The minimum Gasteiger partial charge on any atom is -0.493 e. The van der Waals surface area contributed by atoms with E-state index in [2.05, 4.69) is 10.9 Å². The number of amides is 2. The van der Waals surface area contributed by atoms with Crippen molar-refractivity contribution in [2.45, 2.75) is 13.3 Å². The molecule has 3 aromatic carbocycles. The molecule has 160 valence electrons. The normalized spacial score (nSPS) is 10.3. The Morgan fingerprint density at radius 3 is 2.35 bits per heavy atom. The minimum absolute atomic E-state index is 0.239. The third kappa shape index (κ3) is 7.04. The lowest BCUT2D eigenvalue weighted by molar-refractivity contribution is -0.123. The molecule has 0 atom stereocenters. The first-order valence-electron chi connectivity index (χ1n) is 9.76. The minimum atomic E-state index is -0.483. The van der Waals surface area contributed by atoms with Gasteiger partial charge in [-0.1, -0.05) is 41.9 Å². The number of halogens is 1. The fourth-order valence-electron chi connectivity index (χ4n) is 2.79. The van der Waals surface area contributed by atoms with Gasteiger partial charge in [0, 0.05) is 17.0 Å². The smallest absolute Gasteiger partial charge is 0.276 e. The topological polar surface area (TPSA) is 76.7 Å². The summed E-state index contributed by atoms with van der Waals surface area (Å²) >= 11 is 5.89. The van der Waals surface area contributed by atoms with Crippen molar-refractivity contribution in [1.29, 1.82) is 0 Å². The summed E-state index contributed by atoms with van der Waals surface area (Å²) in [5.74, 6) is 0.299. The Bertz CT molecular complexity index is 1020. The number of hydrogen-bond donors (Lipinski definition) is 2. The number of benzene rings is 3. The summed E-state index contributed by atoms with van der Waals surface area (Å²) in [5, 5.41) is 0.592. The van der Waals surface area contributed by atoms with Crippen LogP contribution in [0.4, 0.5) is 0 Å². The summed E-state index contributed by atoms with van der Waals surface area (Å²) < 4.78 is 11.1. The monoisotopic (exact) mass is 438 g/mol. The Morgan fingerprint density at radius 2 is 1.65 bits per heavy atom. The molecule has 0 spiro atoms. The zero-order valence-corrected chi connectivity index (χ0v) is 17.8. The Hall–Kier alpha value is -3.51. The summed E-state index contributed by atoms with van der Waals surface area (Å²) in [7, 11) is 0. The average Bonchev–Trinajstić information content (AvgIpc) is 2.78. The van der Waals surface area contributed by atoms with Crippen molar-refractivity contribution in [3.05, 3.63) is 94.5 Å². The molecule has 31 heavy (non-hydrogen) atoms. The van der Waals surface area contributed by atoms with E-state index in [-0.39, 0.29) is 6.61 Å². The van der Waals surface area contributed by atoms with Crippen molar-refractivity contribution in [1.82, 2.24) is 10.9 Å². The second-order valence-corrected chi connectivity index (χ2v) is 7.25. The highest BCUT2D eigenvalue weighted by molar-refractivity contribution is 6.30. The molecule has 2 N–H and O–H groups in total. The Balaban J connectivity index is 1.40. The predicted molar refractivity (Wildman–Crippen MR) is 119 cm³/mol. The number of carbonyl (C=O) groups is 2. The van der Waals surface area contributed by atoms with Crippen LogP contribution in [0.5, 0.6) is 11.5 Å². The van der Waals surface area contributed by atoms with Crippen LogP contribution >= 0.6 is 11.6 Å². The summed E-state index contributed by atoms with van der Waals surface area (Å²) in [4.78, 5) is 24.1. The molecular weight excluding hydrogens is 416 g/mol. The van der Waals surface area contributed by atoms with Crippen LogP contribution in [0.3, 0.4) is 0 Å². The molecule has 0 fully saturated rings. The van der Waals surface area contributed by atoms with Gasteiger partial charge in [0.15, 0.2) is 6.61 Å². The Kier molecular flexibility index (Phi) is 7.90. The van der Waals surface area contributed by atoms with Crippen LogP contribution < -0.4 is 20.3 Å². The molecule has 2 amide bonds. The first kappa shape index (κ1) is 22.2. The van der Waals surface area contributed by atoms with Gasteiger partial charge in [-0.3, -0.25) is 20.4 Å². The highest BCUT2D eigenvalue weighted by Crippen LogP contribution is 2.21. The SMILES string of the molecule is Cc1cc(Cl)ccc1OCC(=O)NNC(=O)c1ccc(OCCc2ccccc2)cc1. The molecule has 0 aliphatic carbocycles. The molecule has 0 saturated heterocycles. The fraction of sp³-hybridized carbons (Fsp3) is 0.167. The first-order chi connectivity index (χ1) is 15.0. The molecule has 0 aliphatic heterocycles. The van der Waals surface area contributed by atoms with Gasteiger partial charge in [-0.15, -0.1) is 0 Å². The van der Waals surface area contributed by atoms with Crippen molar-refractivity contribution in [3.8, 4) is 11.5 Å². The van der Waals surface area contributed by atoms with Gasteiger partial charge in [-0.05, 0) is 60.5 Å². The second-order valence-electron chi connectivity index (χ2n) is 6.81. The van der Waals surface area contributed by atoms with Crippen molar-refractivity contribution in [2.75, 3.05) is 13.2 Å². The third-order valence-corrected chi connectivity index (χ3v) is 4.67. The maximum atomic E-state index is 12.2.